The number of aliphatic carboxylic acids is 1. The van der Waals surface area contributed by atoms with Crippen LogP contribution in [0.3, 0.4) is 0 Å². The number of hydrogen-bond acceptors (Lipinski definition) is 5. The molecule has 0 aromatic heterocycles. The van der Waals surface area contributed by atoms with E-state index in [-0.39, 0.29) is 23.1 Å². The van der Waals surface area contributed by atoms with Crippen LogP contribution < -0.4 is 15.1 Å². The van der Waals surface area contributed by atoms with Crippen molar-refractivity contribution in [2.45, 2.75) is 45.8 Å². The number of nitrogens with one attached hydrogen (secondary N) is 1. The average Bonchev–Trinajstić information content (AvgIpc) is 2.70. The highest BCUT2D eigenvalue weighted by Crippen LogP contribution is 2.23. The molecule has 0 fully saturated rings. The minimum atomic E-state index is -1.04. The Bertz CT molecular complexity index is 870. The molecule has 0 saturated heterocycles. The number of carbonyl (C=O) groups excluding carboxylic acids is 1. The van der Waals surface area contributed by atoms with Gasteiger partial charge >= 0.3 is 5.97 Å². The third-order valence-corrected chi connectivity index (χ3v) is 4.26. The van der Waals surface area contributed by atoms with Crippen molar-refractivity contribution >= 4 is 23.5 Å². The van der Waals surface area contributed by atoms with Crippen molar-refractivity contribution in [2.75, 3.05) is 6.61 Å². The molecular weight excluding hydrogens is 410 g/mol. The summed E-state index contributed by atoms with van der Waals surface area (Å²) in [5.74, 6) is -0.611. The Kier molecular flexibility index (Phi) is 8.95. The van der Waals surface area contributed by atoms with Crippen LogP contribution in [0.4, 0.5) is 0 Å². The van der Waals surface area contributed by atoms with Gasteiger partial charge in [-0.15, -0.1) is 0 Å². The summed E-state index contributed by atoms with van der Waals surface area (Å²) in [6, 6.07) is 11.6. The fourth-order valence-electron chi connectivity index (χ4n) is 2.62. The zero-order valence-corrected chi connectivity index (χ0v) is 17.9. The molecule has 0 spiro atoms. The second-order valence-electron chi connectivity index (χ2n) is 6.89. The first-order valence-corrected chi connectivity index (χ1v) is 10.0. The molecule has 8 heteroatoms. The Morgan fingerprint density at radius 2 is 1.90 bits per heavy atom. The van der Waals surface area contributed by atoms with Crippen molar-refractivity contribution in [3.63, 3.8) is 0 Å². The number of ether oxygens (including phenoxy) is 2. The van der Waals surface area contributed by atoms with Gasteiger partial charge in [-0.1, -0.05) is 30.7 Å². The number of carboxylic acid groups (broad SMARTS) is 1. The third kappa shape index (κ3) is 7.24. The quantitative estimate of drug-likeness (QED) is 0.512. The number of benzene rings is 2. The van der Waals surface area contributed by atoms with E-state index in [4.69, 9.17) is 25.9 Å². The van der Waals surface area contributed by atoms with Crippen LogP contribution in [-0.4, -0.2) is 35.8 Å². The van der Waals surface area contributed by atoms with Crippen LogP contribution >= 0.6 is 11.6 Å². The van der Waals surface area contributed by atoms with Gasteiger partial charge in [0.2, 0.25) is 0 Å². The summed E-state index contributed by atoms with van der Waals surface area (Å²) in [5, 5.41) is 9.56. The molecule has 0 radical (unpaired) electrons. The molecule has 162 valence electrons. The Morgan fingerprint density at radius 3 is 2.53 bits per heavy atom. The highest BCUT2D eigenvalue weighted by Gasteiger charge is 2.20. The Morgan fingerprint density at radius 1 is 1.13 bits per heavy atom. The van der Waals surface area contributed by atoms with Gasteiger partial charge < -0.3 is 19.4 Å². The molecule has 0 saturated carbocycles. The largest absolute Gasteiger partial charge is 0.494 e. The maximum Gasteiger partial charge on any atom is 0.333 e. The second-order valence-corrected chi connectivity index (χ2v) is 7.29. The zero-order valence-electron chi connectivity index (χ0n) is 17.2. The predicted molar refractivity (Wildman–Crippen MR) is 113 cm³/mol. The lowest BCUT2D eigenvalue weighted by Crippen LogP contribution is -2.29. The fraction of sp³-hybridized carbons (Fsp3) is 0.364. The number of amides is 1. The van der Waals surface area contributed by atoms with E-state index in [1.165, 1.54) is 0 Å². The van der Waals surface area contributed by atoms with Crippen LogP contribution in [0.15, 0.2) is 42.5 Å². The van der Waals surface area contributed by atoms with E-state index >= 15 is 0 Å². The minimum Gasteiger partial charge on any atom is -0.494 e. The summed E-state index contributed by atoms with van der Waals surface area (Å²) in [4.78, 5) is 29.1. The number of rotatable bonds is 11. The van der Waals surface area contributed by atoms with E-state index in [1.807, 2.05) is 6.92 Å². The standard InChI is InChI=1S/C22H26ClNO6/c1-4-10-28-16-8-9-18(19(23)13-16)21(25)24-30-17-7-5-6-15(11-17)12-20(22(26)27)29-14(2)3/h5-9,11,13-14,20H,4,10,12H2,1-3H3,(H,24,25)(H,26,27). The Labute approximate surface area is 180 Å². The number of hydroxylamine groups is 1. The molecule has 7 nitrogen and oxygen atoms in total. The van der Waals surface area contributed by atoms with Crippen molar-refractivity contribution in [3.8, 4) is 11.5 Å². The first kappa shape index (κ1) is 23.5. The van der Waals surface area contributed by atoms with Gasteiger partial charge in [0.15, 0.2) is 11.9 Å². The molecule has 1 atom stereocenters. The molecule has 2 N–H and O–H groups in total. The van der Waals surface area contributed by atoms with E-state index in [1.54, 1.807) is 56.3 Å². The van der Waals surface area contributed by atoms with Gasteiger partial charge in [0.25, 0.3) is 5.91 Å². The molecule has 1 unspecified atom stereocenters. The van der Waals surface area contributed by atoms with Crippen molar-refractivity contribution < 1.29 is 29.0 Å². The molecule has 2 rings (SSSR count). The molecular formula is C22H26ClNO6. The molecule has 2 aromatic carbocycles. The first-order valence-electron chi connectivity index (χ1n) is 9.66. The summed E-state index contributed by atoms with van der Waals surface area (Å²) in [6.07, 6.45) is -0.150. The van der Waals surface area contributed by atoms with Crippen LogP contribution in [0, 0.1) is 0 Å². The smallest absolute Gasteiger partial charge is 0.333 e. The van der Waals surface area contributed by atoms with Gasteiger partial charge in [-0.2, -0.15) is 5.48 Å². The van der Waals surface area contributed by atoms with Crippen molar-refractivity contribution in [1.82, 2.24) is 5.48 Å². The Hall–Kier alpha value is -2.77. The van der Waals surface area contributed by atoms with Gasteiger partial charge in [-0.05, 0) is 56.2 Å². The van der Waals surface area contributed by atoms with Gasteiger partial charge in [-0.25, -0.2) is 4.79 Å². The van der Waals surface area contributed by atoms with Crippen LogP contribution in [-0.2, 0) is 16.0 Å². The highest BCUT2D eigenvalue weighted by molar-refractivity contribution is 6.34. The van der Waals surface area contributed by atoms with Crippen LogP contribution in [0.2, 0.25) is 5.02 Å². The lowest BCUT2D eigenvalue weighted by Gasteiger charge is -2.17. The predicted octanol–water partition coefficient (Wildman–Crippen LogP) is 4.27. The van der Waals surface area contributed by atoms with Gasteiger partial charge in [-0.3, -0.25) is 4.79 Å². The lowest BCUT2D eigenvalue weighted by atomic mass is 10.1. The van der Waals surface area contributed by atoms with E-state index in [9.17, 15) is 14.7 Å². The molecule has 0 aliphatic heterocycles. The maximum atomic E-state index is 12.4. The molecule has 30 heavy (non-hydrogen) atoms. The van der Waals surface area contributed by atoms with Crippen LogP contribution in [0.5, 0.6) is 11.5 Å². The zero-order chi connectivity index (χ0) is 22.1. The number of carbonyl (C=O) groups is 2. The van der Waals surface area contributed by atoms with Gasteiger partial charge in [0.05, 0.1) is 23.3 Å². The molecule has 0 bridgehead atoms. The monoisotopic (exact) mass is 435 g/mol. The van der Waals surface area contributed by atoms with Gasteiger partial charge in [0, 0.05) is 6.42 Å². The summed E-state index contributed by atoms with van der Waals surface area (Å²) in [7, 11) is 0. The van der Waals surface area contributed by atoms with Crippen molar-refractivity contribution in [2.24, 2.45) is 0 Å². The summed E-state index contributed by atoms with van der Waals surface area (Å²) < 4.78 is 10.9. The fourth-order valence-corrected chi connectivity index (χ4v) is 2.88. The summed E-state index contributed by atoms with van der Waals surface area (Å²) >= 11 is 6.17. The Balaban J connectivity index is 2.00. The highest BCUT2D eigenvalue weighted by atomic mass is 35.5. The third-order valence-electron chi connectivity index (χ3n) is 3.95. The van der Waals surface area contributed by atoms with E-state index in [0.29, 0.717) is 23.7 Å². The van der Waals surface area contributed by atoms with Crippen molar-refractivity contribution in [3.05, 3.63) is 58.6 Å². The molecule has 2 aromatic rings. The topological polar surface area (TPSA) is 94.1 Å². The molecule has 0 heterocycles. The average molecular weight is 436 g/mol. The van der Waals surface area contributed by atoms with E-state index in [0.717, 1.165) is 6.42 Å². The van der Waals surface area contributed by atoms with E-state index in [2.05, 4.69) is 5.48 Å². The number of carboxylic acids is 1. The molecule has 1 amide bonds. The van der Waals surface area contributed by atoms with Crippen LogP contribution in [0.1, 0.15) is 43.1 Å². The number of halogens is 1. The van der Waals surface area contributed by atoms with Crippen molar-refractivity contribution in [1.29, 1.82) is 0 Å². The lowest BCUT2D eigenvalue weighted by molar-refractivity contribution is -0.153. The minimum absolute atomic E-state index is 0.170. The first-order chi connectivity index (χ1) is 14.3. The van der Waals surface area contributed by atoms with E-state index < -0.39 is 18.0 Å². The normalized spacial score (nSPS) is 11.8. The van der Waals surface area contributed by atoms with Crippen LogP contribution in [0.25, 0.3) is 0 Å². The maximum absolute atomic E-state index is 12.4. The summed E-state index contributed by atoms with van der Waals surface area (Å²) in [6.45, 7) is 6.11. The summed E-state index contributed by atoms with van der Waals surface area (Å²) in [5.41, 5.74) is 3.29. The number of hydrogen-bond donors (Lipinski definition) is 2. The SMILES string of the molecule is CCCOc1ccc(C(=O)NOc2cccc(CC(OC(C)C)C(=O)O)c2)c(Cl)c1. The molecule has 0 aliphatic carbocycles. The second kappa shape index (κ2) is 11.4. The molecule has 0 aliphatic rings. The van der Waals surface area contributed by atoms with Gasteiger partial charge in [0.1, 0.15) is 5.75 Å².